The number of benzene rings is 1. The van der Waals surface area contributed by atoms with E-state index in [1.165, 1.54) is 4.31 Å². The molecule has 1 unspecified atom stereocenters. The topological polar surface area (TPSA) is 66.5 Å². The van der Waals surface area contributed by atoms with Crippen LogP contribution in [0.5, 0.6) is 0 Å². The molecule has 0 fully saturated rings. The largest absolute Gasteiger partial charge is 0.355 e. The number of nitrogens with zero attached hydrogens (tertiary/aromatic N) is 1. The molecule has 0 saturated heterocycles. The third-order valence-electron chi connectivity index (χ3n) is 3.08. The highest BCUT2D eigenvalue weighted by molar-refractivity contribution is 7.89. The molecule has 0 spiro atoms. The summed E-state index contributed by atoms with van der Waals surface area (Å²) >= 11 is 5.66. The lowest BCUT2D eigenvalue weighted by atomic mass is 10.1. The van der Waals surface area contributed by atoms with E-state index in [1.54, 1.807) is 45.3 Å². The van der Waals surface area contributed by atoms with Crippen molar-refractivity contribution in [1.82, 2.24) is 9.62 Å². The van der Waals surface area contributed by atoms with Crippen molar-refractivity contribution in [2.24, 2.45) is 5.92 Å². The first-order valence-electron chi connectivity index (χ1n) is 6.61. The zero-order valence-electron chi connectivity index (χ0n) is 12.5. The summed E-state index contributed by atoms with van der Waals surface area (Å²) in [6.07, 6.45) is 0. The van der Waals surface area contributed by atoms with Crippen LogP contribution in [0.1, 0.15) is 22.8 Å². The van der Waals surface area contributed by atoms with Crippen LogP contribution in [0.4, 0.5) is 0 Å². The van der Waals surface area contributed by atoms with Gasteiger partial charge < -0.3 is 5.32 Å². The minimum atomic E-state index is -3.33. The van der Waals surface area contributed by atoms with Crippen LogP contribution in [0.15, 0.2) is 24.3 Å². The van der Waals surface area contributed by atoms with Crippen LogP contribution in [0, 0.1) is 5.92 Å². The molecule has 0 aliphatic rings. The highest BCUT2D eigenvalue weighted by Crippen LogP contribution is 2.12. The lowest BCUT2D eigenvalue weighted by Gasteiger charge is -2.19. The summed E-state index contributed by atoms with van der Waals surface area (Å²) in [5.74, 6) is 0.0882. The third kappa shape index (κ3) is 5.30. The van der Waals surface area contributed by atoms with Gasteiger partial charge in [0.25, 0.3) is 5.91 Å². The smallest absolute Gasteiger partial charge is 0.251 e. The van der Waals surface area contributed by atoms with Gasteiger partial charge in [-0.15, -0.1) is 11.6 Å². The van der Waals surface area contributed by atoms with E-state index in [0.29, 0.717) is 11.4 Å². The highest BCUT2D eigenvalue weighted by atomic mass is 35.5. The maximum Gasteiger partial charge on any atom is 0.251 e. The van der Waals surface area contributed by atoms with Gasteiger partial charge in [0.15, 0.2) is 0 Å². The third-order valence-corrected chi connectivity index (χ3v) is 5.68. The molecule has 1 rings (SSSR count). The van der Waals surface area contributed by atoms with Gasteiger partial charge >= 0.3 is 0 Å². The molecular weight excluding hydrogens is 312 g/mol. The maximum absolute atomic E-state index is 12.1. The molecular formula is C14H21ClN2O3S. The second-order valence-corrected chi connectivity index (χ2v) is 7.50. The Labute approximate surface area is 131 Å². The highest BCUT2D eigenvalue weighted by Gasteiger charge is 2.21. The van der Waals surface area contributed by atoms with Gasteiger partial charge in [0.05, 0.1) is 5.75 Å². The van der Waals surface area contributed by atoms with E-state index >= 15 is 0 Å². The minimum Gasteiger partial charge on any atom is -0.355 e. The van der Waals surface area contributed by atoms with Gasteiger partial charge in [-0.3, -0.25) is 4.79 Å². The van der Waals surface area contributed by atoms with E-state index in [4.69, 9.17) is 11.6 Å². The van der Waals surface area contributed by atoms with Gasteiger partial charge in [0.2, 0.25) is 10.0 Å². The number of carbonyl (C=O) groups is 1. The lowest BCUT2D eigenvalue weighted by Crippen LogP contribution is -2.31. The molecule has 1 amide bonds. The van der Waals surface area contributed by atoms with Crippen molar-refractivity contribution in [3.8, 4) is 0 Å². The molecule has 0 radical (unpaired) electrons. The molecule has 7 heteroatoms. The summed E-state index contributed by atoms with van der Waals surface area (Å²) in [5, 5.41) is 2.54. The first-order chi connectivity index (χ1) is 9.80. The Kier molecular flexibility index (Phi) is 6.64. The van der Waals surface area contributed by atoms with Crippen LogP contribution >= 0.6 is 11.6 Å². The Hall–Kier alpha value is -1.11. The Morgan fingerprint density at radius 2 is 1.90 bits per heavy atom. The summed E-state index contributed by atoms with van der Waals surface area (Å²) in [6, 6.07) is 6.86. The van der Waals surface area contributed by atoms with E-state index in [-0.39, 0.29) is 24.1 Å². The fourth-order valence-corrected chi connectivity index (χ4v) is 3.47. The Morgan fingerprint density at radius 1 is 1.33 bits per heavy atom. The zero-order valence-corrected chi connectivity index (χ0v) is 14.0. The van der Waals surface area contributed by atoms with Crippen LogP contribution < -0.4 is 5.32 Å². The molecule has 0 heterocycles. The molecule has 1 atom stereocenters. The van der Waals surface area contributed by atoms with Gasteiger partial charge in [0, 0.05) is 32.1 Å². The number of halogens is 1. The minimum absolute atomic E-state index is 0.0311. The van der Waals surface area contributed by atoms with Gasteiger partial charge in [-0.05, 0) is 23.6 Å². The van der Waals surface area contributed by atoms with Gasteiger partial charge in [-0.25, -0.2) is 12.7 Å². The molecule has 5 nitrogen and oxygen atoms in total. The number of amides is 1. The standard InChI is InChI=1S/C14H21ClN2O3S/c1-11(8-15)10-21(19,20)17(3)9-12-4-6-13(7-5-12)14(18)16-2/h4-7,11H,8-10H2,1-3H3,(H,16,18). The molecule has 1 aromatic carbocycles. The lowest BCUT2D eigenvalue weighted by molar-refractivity contribution is 0.0963. The number of hydrogen-bond donors (Lipinski definition) is 1. The van der Waals surface area contributed by atoms with Crippen LogP contribution in [0.2, 0.25) is 0 Å². The molecule has 118 valence electrons. The predicted octanol–water partition coefficient (Wildman–Crippen LogP) is 1.68. The molecule has 0 aliphatic heterocycles. The van der Waals surface area contributed by atoms with Crippen molar-refractivity contribution in [2.45, 2.75) is 13.5 Å². The quantitative estimate of drug-likeness (QED) is 0.773. The summed E-state index contributed by atoms with van der Waals surface area (Å²) in [6.45, 7) is 2.07. The van der Waals surface area contributed by atoms with E-state index in [1.807, 2.05) is 0 Å². The van der Waals surface area contributed by atoms with Crippen molar-refractivity contribution < 1.29 is 13.2 Å². The van der Waals surface area contributed by atoms with E-state index in [0.717, 1.165) is 5.56 Å². The van der Waals surface area contributed by atoms with Crippen LogP contribution in [0.25, 0.3) is 0 Å². The molecule has 1 aromatic rings. The average Bonchev–Trinajstić information content (AvgIpc) is 2.46. The van der Waals surface area contributed by atoms with Crippen molar-refractivity contribution in [3.63, 3.8) is 0 Å². The molecule has 0 aromatic heterocycles. The maximum atomic E-state index is 12.1. The second kappa shape index (κ2) is 7.77. The molecule has 0 bridgehead atoms. The van der Waals surface area contributed by atoms with Gasteiger partial charge in [-0.1, -0.05) is 19.1 Å². The van der Waals surface area contributed by atoms with Crippen molar-refractivity contribution in [3.05, 3.63) is 35.4 Å². The van der Waals surface area contributed by atoms with E-state index < -0.39 is 10.0 Å². The number of alkyl halides is 1. The fraction of sp³-hybridized carbons (Fsp3) is 0.500. The normalized spacial score (nSPS) is 13.2. The van der Waals surface area contributed by atoms with Crippen LogP contribution in [0.3, 0.4) is 0 Å². The predicted molar refractivity (Wildman–Crippen MR) is 85.0 cm³/mol. The number of sulfonamides is 1. The van der Waals surface area contributed by atoms with Crippen molar-refractivity contribution >= 4 is 27.5 Å². The Bertz CT molecular complexity index is 572. The average molecular weight is 333 g/mol. The monoisotopic (exact) mass is 332 g/mol. The number of hydrogen-bond acceptors (Lipinski definition) is 3. The first-order valence-corrected chi connectivity index (χ1v) is 8.75. The number of nitrogens with one attached hydrogen (secondary N) is 1. The summed E-state index contributed by atoms with van der Waals surface area (Å²) < 4.78 is 25.6. The van der Waals surface area contributed by atoms with Gasteiger partial charge in [-0.2, -0.15) is 0 Å². The second-order valence-electron chi connectivity index (χ2n) is 5.07. The fourth-order valence-electron chi connectivity index (χ4n) is 1.79. The Morgan fingerprint density at radius 3 is 2.38 bits per heavy atom. The SMILES string of the molecule is CNC(=O)c1ccc(CN(C)S(=O)(=O)CC(C)CCl)cc1. The zero-order chi connectivity index (χ0) is 16.0. The van der Waals surface area contributed by atoms with Gasteiger partial charge in [0.1, 0.15) is 0 Å². The van der Waals surface area contributed by atoms with Crippen molar-refractivity contribution in [1.29, 1.82) is 0 Å². The molecule has 0 saturated carbocycles. The van der Waals surface area contributed by atoms with E-state index in [9.17, 15) is 13.2 Å². The number of rotatable bonds is 7. The summed E-state index contributed by atoms with van der Waals surface area (Å²) in [4.78, 5) is 11.4. The molecule has 21 heavy (non-hydrogen) atoms. The van der Waals surface area contributed by atoms with Crippen molar-refractivity contribution in [2.75, 3.05) is 25.7 Å². The summed E-state index contributed by atoms with van der Waals surface area (Å²) in [5.41, 5.74) is 1.37. The molecule has 0 aliphatic carbocycles. The first kappa shape index (κ1) is 17.9. The van der Waals surface area contributed by atoms with Crippen LogP contribution in [-0.4, -0.2) is 44.4 Å². The molecule has 1 N–H and O–H groups in total. The number of carbonyl (C=O) groups excluding carboxylic acids is 1. The summed E-state index contributed by atoms with van der Waals surface area (Å²) in [7, 11) is -0.223. The van der Waals surface area contributed by atoms with E-state index in [2.05, 4.69) is 5.32 Å². The Balaban J connectivity index is 2.74. The van der Waals surface area contributed by atoms with Crippen LogP contribution in [-0.2, 0) is 16.6 Å².